The van der Waals surface area contributed by atoms with Crippen LogP contribution in [0, 0.1) is 13.8 Å². The molecule has 0 aliphatic carbocycles. The number of carboxylic acids is 1. The number of nitrogens with one attached hydrogen (secondary N) is 2. The molecule has 0 aromatic heterocycles. The average Bonchev–Trinajstić information content (AvgIpc) is 2.31. The maximum absolute atomic E-state index is 11.2. The molecule has 4 heteroatoms. The molecule has 0 bridgehead atoms. The Morgan fingerprint density at radius 2 is 1.61 bits per heavy atom. The second kappa shape index (κ2) is 5.58. The van der Waals surface area contributed by atoms with Gasteiger partial charge < -0.3 is 15.7 Å². The Morgan fingerprint density at radius 3 is 2.06 bits per heavy atom. The summed E-state index contributed by atoms with van der Waals surface area (Å²) < 4.78 is 0. The number of carboxylic acid groups (broad SMARTS) is 1. The predicted octanol–water partition coefficient (Wildman–Crippen LogP) is 2.13. The van der Waals surface area contributed by atoms with Gasteiger partial charge in [-0.1, -0.05) is 6.07 Å². The Morgan fingerprint density at radius 1 is 1.06 bits per heavy atom. The highest BCUT2D eigenvalue weighted by molar-refractivity contribution is 5.91. The summed E-state index contributed by atoms with van der Waals surface area (Å²) in [6, 6.07) is 3.62. The zero-order valence-corrected chi connectivity index (χ0v) is 11.5. The first-order valence-corrected chi connectivity index (χ1v) is 5.83. The van der Waals surface area contributed by atoms with E-state index >= 15 is 0 Å². The highest BCUT2D eigenvalue weighted by Gasteiger charge is 2.13. The van der Waals surface area contributed by atoms with Crippen LogP contribution in [0.4, 0.5) is 0 Å². The first-order valence-electron chi connectivity index (χ1n) is 5.83. The topological polar surface area (TPSA) is 61.4 Å². The molecule has 0 fully saturated rings. The maximum atomic E-state index is 11.2. The van der Waals surface area contributed by atoms with E-state index in [9.17, 15) is 9.90 Å². The molecule has 0 radical (unpaired) electrons. The molecule has 3 N–H and O–H groups in total. The Hall–Kier alpha value is -1.97. The molecule has 18 heavy (non-hydrogen) atoms. The molecule has 0 amide bonds. The van der Waals surface area contributed by atoms with Gasteiger partial charge in [-0.25, -0.2) is 4.79 Å². The molecule has 0 saturated carbocycles. The zero-order chi connectivity index (χ0) is 13.9. The Balaban J connectivity index is 3.50. The highest BCUT2D eigenvalue weighted by atomic mass is 16.4. The zero-order valence-electron chi connectivity index (χ0n) is 11.5. The third kappa shape index (κ3) is 2.64. The van der Waals surface area contributed by atoms with Crippen LogP contribution in [0.2, 0.25) is 0 Å². The van der Waals surface area contributed by atoms with Crippen molar-refractivity contribution in [3.05, 3.63) is 40.1 Å². The molecular weight excluding hydrogens is 228 g/mol. The standard InChI is InChI=1S/C14H20N2O2/c1-8-6-9(2)12(14(17)18)7-11(8)13(16-5)10(3)15-4/h6-7,15-16H,1-5H3,(H,17,18)/b13-10-. The second-order valence-electron chi connectivity index (χ2n) is 4.29. The minimum Gasteiger partial charge on any atom is -0.478 e. The first kappa shape index (κ1) is 14.1. The van der Waals surface area contributed by atoms with Crippen molar-refractivity contribution in [1.82, 2.24) is 10.6 Å². The molecule has 1 aromatic carbocycles. The van der Waals surface area contributed by atoms with Crippen LogP contribution in [0.5, 0.6) is 0 Å². The molecule has 98 valence electrons. The van der Waals surface area contributed by atoms with Crippen LogP contribution in [0.25, 0.3) is 5.70 Å². The van der Waals surface area contributed by atoms with Gasteiger partial charge in [0.25, 0.3) is 0 Å². The van der Waals surface area contributed by atoms with E-state index in [1.54, 1.807) is 6.07 Å². The van der Waals surface area contributed by atoms with Crippen molar-refractivity contribution < 1.29 is 9.90 Å². The second-order valence-corrected chi connectivity index (χ2v) is 4.29. The third-order valence-corrected chi connectivity index (χ3v) is 3.07. The van der Waals surface area contributed by atoms with Gasteiger partial charge in [0.05, 0.1) is 11.3 Å². The molecule has 0 aliphatic heterocycles. The fourth-order valence-electron chi connectivity index (χ4n) is 2.00. The normalized spacial score (nSPS) is 11.8. The van der Waals surface area contributed by atoms with E-state index in [0.29, 0.717) is 5.56 Å². The number of rotatable bonds is 4. The summed E-state index contributed by atoms with van der Waals surface area (Å²) in [4.78, 5) is 11.2. The Kier molecular flexibility index (Phi) is 4.37. The maximum Gasteiger partial charge on any atom is 0.335 e. The lowest BCUT2D eigenvalue weighted by molar-refractivity contribution is 0.0696. The van der Waals surface area contributed by atoms with Gasteiger partial charge >= 0.3 is 5.97 Å². The summed E-state index contributed by atoms with van der Waals surface area (Å²) in [5, 5.41) is 15.4. The quantitative estimate of drug-likeness (QED) is 0.764. The van der Waals surface area contributed by atoms with Crippen molar-refractivity contribution in [1.29, 1.82) is 0 Å². The van der Waals surface area contributed by atoms with Crippen molar-refractivity contribution >= 4 is 11.7 Å². The number of allylic oxidation sites excluding steroid dienone is 1. The minimum atomic E-state index is -0.897. The van der Waals surface area contributed by atoms with Crippen LogP contribution >= 0.6 is 0 Å². The van der Waals surface area contributed by atoms with E-state index in [0.717, 1.165) is 28.1 Å². The fourth-order valence-corrected chi connectivity index (χ4v) is 2.00. The van der Waals surface area contributed by atoms with E-state index in [1.807, 2.05) is 40.9 Å². The fraction of sp³-hybridized carbons (Fsp3) is 0.357. The van der Waals surface area contributed by atoms with Crippen LogP contribution < -0.4 is 10.6 Å². The lowest BCUT2D eigenvalue weighted by Crippen LogP contribution is -2.16. The number of hydrogen-bond acceptors (Lipinski definition) is 3. The Labute approximate surface area is 108 Å². The largest absolute Gasteiger partial charge is 0.478 e. The number of aryl methyl sites for hydroxylation is 2. The van der Waals surface area contributed by atoms with Crippen molar-refractivity contribution in [2.24, 2.45) is 0 Å². The smallest absolute Gasteiger partial charge is 0.335 e. The van der Waals surface area contributed by atoms with E-state index in [2.05, 4.69) is 10.6 Å². The van der Waals surface area contributed by atoms with Gasteiger partial charge in [-0.2, -0.15) is 0 Å². The van der Waals surface area contributed by atoms with Crippen molar-refractivity contribution in [3.63, 3.8) is 0 Å². The number of hydrogen-bond donors (Lipinski definition) is 3. The minimum absolute atomic E-state index is 0.340. The lowest BCUT2D eigenvalue weighted by Gasteiger charge is -2.16. The summed E-state index contributed by atoms with van der Waals surface area (Å²) in [5.74, 6) is -0.897. The van der Waals surface area contributed by atoms with Gasteiger partial charge in [0.15, 0.2) is 0 Å². The Bertz CT molecular complexity index is 505. The summed E-state index contributed by atoms with van der Waals surface area (Å²) in [7, 11) is 3.67. The van der Waals surface area contributed by atoms with Gasteiger partial charge in [-0.15, -0.1) is 0 Å². The number of aromatic carboxylic acids is 1. The molecule has 4 nitrogen and oxygen atoms in total. The molecular formula is C14H20N2O2. The van der Waals surface area contributed by atoms with Crippen LogP contribution in [-0.4, -0.2) is 25.2 Å². The molecule has 0 atom stereocenters. The number of carbonyl (C=O) groups is 1. The molecule has 0 unspecified atom stereocenters. The first-order chi connectivity index (χ1) is 8.42. The molecule has 0 heterocycles. The van der Waals surface area contributed by atoms with Gasteiger partial charge in [-0.05, 0) is 38.0 Å². The molecule has 0 spiro atoms. The van der Waals surface area contributed by atoms with Crippen LogP contribution in [0.15, 0.2) is 17.8 Å². The molecule has 1 aromatic rings. The molecule has 0 saturated heterocycles. The molecule has 0 aliphatic rings. The summed E-state index contributed by atoms with van der Waals surface area (Å²) in [5.41, 5.74) is 4.97. The van der Waals surface area contributed by atoms with Gasteiger partial charge in [0, 0.05) is 25.4 Å². The summed E-state index contributed by atoms with van der Waals surface area (Å²) in [6.45, 7) is 5.74. The summed E-state index contributed by atoms with van der Waals surface area (Å²) in [6.07, 6.45) is 0. The van der Waals surface area contributed by atoms with Crippen molar-refractivity contribution in [3.8, 4) is 0 Å². The van der Waals surface area contributed by atoms with Crippen molar-refractivity contribution in [2.75, 3.05) is 14.1 Å². The van der Waals surface area contributed by atoms with Crippen LogP contribution in [-0.2, 0) is 0 Å². The predicted molar refractivity (Wildman–Crippen MR) is 73.6 cm³/mol. The van der Waals surface area contributed by atoms with E-state index in [-0.39, 0.29) is 0 Å². The SMILES string of the molecule is CN/C(C)=C(\NC)c1cc(C(=O)O)c(C)cc1C. The third-order valence-electron chi connectivity index (χ3n) is 3.07. The van der Waals surface area contributed by atoms with Gasteiger partial charge in [0.2, 0.25) is 0 Å². The van der Waals surface area contributed by atoms with Crippen LogP contribution in [0.3, 0.4) is 0 Å². The average molecular weight is 248 g/mol. The number of benzene rings is 1. The van der Waals surface area contributed by atoms with E-state index < -0.39 is 5.97 Å². The molecule has 1 rings (SSSR count). The van der Waals surface area contributed by atoms with Crippen molar-refractivity contribution in [2.45, 2.75) is 20.8 Å². The van der Waals surface area contributed by atoms with Crippen LogP contribution in [0.1, 0.15) is 34.0 Å². The van der Waals surface area contributed by atoms with E-state index in [4.69, 9.17) is 0 Å². The highest BCUT2D eigenvalue weighted by Crippen LogP contribution is 2.23. The monoisotopic (exact) mass is 248 g/mol. The van der Waals surface area contributed by atoms with E-state index in [1.165, 1.54) is 0 Å². The lowest BCUT2D eigenvalue weighted by atomic mass is 9.97. The summed E-state index contributed by atoms with van der Waals surface area (Å²) >= 11 is 0. The van der Waals surface area contributed by atoms with Gasteiger partial charge in [-0.3, -0.25) is 0 Å². The van der Waals surface area contributed by atoms with Gasteiger partial charge in [0.1, 0.15) is 0 Å².